The van der Waals surface area contributed by atoms with Crippen LogP contribution in [0.3, 0.4) is 0 Å². The van der Waals surface area contributed by atoms with E-state index in [1.54, 1.807) is 0 Å². The lowest BCUT2D eigenvalue weighted by molar-refractivity contribution is -0.124. The number of nitrogens with one attached hydrogen (secondary N) is 1. The molecule has 0 atom stereocenters. The SMILES string of the molecule is COCC(=O)NCc1cc2n(n1)CCN(Cc1ccc3ncccc3c1)C2. The number of carbonyl (C=O) groups is 1. The van der Waals surface area contributed by atoms with Gasteiger partial charge < -0.3 is 10.1 Å². The average Bonchev–Trinajstić information content (AvgIpc) is 3.09. The Labute approximate surface area is 157 Å². The highest BCUT2D eigenvalue weighted by molar-refractivity contribution is 5.79. The number of hydrogen-bond acceptors (Lipinski definition) is 5. The van der Waals surface area contributed by atoms with E-state index in [1.807, 2.05) is 16.9 Å². The Morgan fingerprint density at radius 1 is 1.26 bits per heavy atom. The van der Waals surface area contributed by atoms with E-state index in [1.165, 1.54) is 23.8 Å². The maximum Gasteiger partial charge on any atom is 0.246 e. The number of fused-ring (bicyclic) bond motifs is 2. The predicted molar refractivity (Wildman–Crippen MR) is 102 cm³/mol. The zero-order valence-electron chi connectivity index (χ0n) is 15.4. The van der Waals surface area contributed by atoms with Crippen LogP contribution in [0.15, 0.2) is 42.6 Å². The molecule has 1 aliphatic heterocycles. The molecule has 7 heteroatoms. The van der Waals surface area contributed by atoms with Gasteiger partial charge in [0.2, 0.25) is 5.91 Å². The summed E-state index contributed by atoms with van der Waals surface area (Å²) < 4.78 is 6.86. The van der Waals surface area contributed by atoms with Gasteiger partial charge in [-0.25, -0.2) is 0 Å². The third-order valence-corrected chi connectivity index (χ3v) is 4.74. The lowest BCUT2D eigenvalue weighted by Crippen LogP contribution is -2.33. The van der Waals surface area contributed by atoms with Gasteiger partial charge in [0.15, 0.2) is 0 Å². The first-order valence-electron chi connectivity index (χ1n) is 9.08. The van der Waals surface area contributed by atoms with Crippen molar-refractivity contribution in [1.82, 2.24) is 25.0 Å². The Balaban J connectivity index is 1.39. The molecule has 0 saturated carbocycles. The second kappa shape index (κ2) is 7.85. The van der Waals surface area contributed by atoms with Crippen molar-refractivity contribution >= 4 is 16.8 Å². The third-order valence-electron chi connectivity index (χ3n) is 4.74. The number of benzene rings is 1. The first-order valence-corrected chi connectivity index (χ1v) is 9.08. The number of methoxy groups -OCH3 is 1. The monoisotopic (exact) mass is 365 g/mol. The van der Waals surface area contributed by atoms with E-state index < -0.39 is 0 Å². The van der Waals surface area contributed by atoms with Crippen LogP contribution in [0.4, 0.5) is 0 Å². The fourth-order valence-corrected chi connectivity index (χ4v) is 3.45. The molecule has 3 heterocycles. The van der Waals surface area contributed by atoms with Crippen LogP contribution in [-0.4, -0.2) is 45.8 Å². The Hall–Kier alpha value is -2.77. The van der Waals surface area contributed by atoms with Gasteiger partial charge in [0, 0.05) is 38.3 Å². The minimum absolute atomic E-state index is 0.0720. The van der Waals surface area contributed by atoms with Crippen molar-refractivity contribution in [2.24, 2.45) is 0 Å². The van der Waals surface area contributed by atoms with Crippen LogP contribution in [0.2, 0.25) is 0 Å². The lowest BCUT2D eigenvalue weighted by atomic mass is 10.1. The zero-order chi connectivity index (χ0) is 18.6. The van der Waals surface area contributed by atoms with Gasteiger partial charge >= 0.3 is 0 Å². The number of aromatic nitrogens is 3. The van der Waals surface area contributed by atoms with Gasteiger partial charge in [0.05, 0.1) is 30.0 Å². The zero-order valence-corrected chi connectivity index (χ0v) is 15.4. The van der Waals surface area contributed by atoms with E-state index in [9.17, 15) is 4.79 Å². The molecule has 0 bridgehead atoms. The van der Waals surface area contributed by atoms with Crippen LogP contribution < -0.4 is 5.32 Å². The summed E-state index contributed by atoms with van der Waals surface area (Å²) in [5.74, 6) is -0.129. The van der Waals surface area contributed by atoms with Gasteiger partial charge in [0.25, 0.3) is 0 Å². The summed E-state index contributed by atoms with van der Waals surface area (Å²) in [6, 6.07) is 12.6. The molecule has 1 N–H and O–H groups in total. The second-order valence-electron chi connectivity index (χ2n) is 6.80. The second-order valence-corrected chi connectivity index (χ2v) is 6.80. The predicted octanol–water partition coefficient (Wildman–Crippen LogP) is 1.71. The summed E-state index contributed by atoms with van der Waals surface area (Å²) in [4.78, 5) is 18.3. The molecule has 1 amide bonds. The number of hydrogen-bond donors (Lipinski definition) is 1. The van der Waals surface area contributed by atoms with E-state index >= 15 is 0 Å². The van der Waals surface area contributed by atoms with Gasteiger partial charge in [-0.2, -0.15) is 5.10 Å². The van der Waals surface area contributed by atoms with Crippen molar-refractivity contribution in [2.45, 2.75) is 26.2 Å². The average molecular weight is 365 g/mol. The number of rotatable bonds is 6. The number of pyridine rings is 1. The molecule has 0 spiro atoms. The molecule has 0 unspecified atom stereocenters. The van der Waals surface area contributed by atoms with Crippen LogP contribution in [-0.2, 0) is 35.7 Å². The molecule has 140 valence electrons. The Kier molecular flexibility index (Phi) is 5.13. The fraction of sp³-hybridized carbons (Fsp3) is 0.350. The van der Waals surface area contributed by atoms with E-state index in [4.69, 9.17) is 4.74 Å². The molecule has 1 aromatic carbocycles. The van der Waals surface area contributed by atoms with Crippen molar-refractivity contribution < 1.29 is 9.53 Å². The standard InChI is InChI=1S/C20H23N5O2/c1-27-14-20(26)22-11-17-10-18-13-24(7-8-25(18)23-17)12-15-4-5-19-16(9-15)3-2-6-21-19/h2-6,9-10H,7-8,11-14H2,1H3,(H,22,26). The summed E-state index contributed by atoms with van der Waals surface area (Å²) in [6.07, 6.45) is 1.82. The van der Waals surface area contributed by atoms with Crippen molar-refractivity contribution in [2.75, 3.05) is 20.3 Å². The van der Waals surface area contributed by atoms with E-state index in [0.29, 0.717) is 6.54 Å². The highest BCUT2D eigenvalue weighted by atomic mass is 16.5. The lowest BCUT2D eigenvalue weighted by Gasteiger charge is -2.27. The van der Waals surface area contributed by atoms with Gasteiger partial charge in [-0.15, -0.1) is 0 Å². The van der Waals surface area contributed by atoms with Crippen molar-refractivity contribution in [3.05, 3.63) is 59.5 Å². The third kappa shape index (κ3) is 4.15. The van der Waals surface area contributed by atoms with Crippen LogP contribution >= 0.6 is 0 Å². The highest BCUT2D eigenvalue weighted by Crippen LogP contribution is 2.19. The summed E-state index contributed by atoms with van der Waals surface area (Å²) >= 11 is 0. The van der Waals surface area contributed by atoms with Gasteiger partial charge in [-0.1, -0.05) is 12.1 Å². The van der Waals surface area contributed by atoms with E-state index in [-0.39, 0.29) is 12.5 Å². The summed E-state index contributed by atoms with van der Waals surface area (Å²) in [7, 11) is 1.51. The molecular weight excluding hydrogens is 342 g/mol. The van der Waals surface area contributed by atoms with Crippen molar-refractivity contribution in [1.29, 1.82) is 0 Å². The minimum Gasteiger partial charge on any atom is -0.375 e. The van der Waals surface area contributed by atoms with Crippen LogP contribution in [0.5, 0.6) is 0 Å². The topological polar surface area (TPSA) is 72.3 Å². The Bertz CT molecular complexity index is 952. The smallest absolute Gasteiger partial charge is 0.246 e. The van der Waals surface area contributed by atoms with Gasteiger partial charge in [-0.3, -0.25) is 19.4 Å². The van der Waals surface area contributed by atoms with Crippen LogP contribution in [0.1, 0.15) is 17.0 Å². The number of carbonyl (C=O) groups excluding carboxylic acids is 1. The first-order chi connectivity index (χ1) is 13.2. The van der Waals surface area contributed by atoms with E-state index in [2.05, 4.69) is 50.6 Å². The number of nitrogens with zero attached hydrogens (tertiary/aromatic N) is 4. The summed E-state index contributed by atoms with van der Waals surface area (Å²) in [6.45, 7) is 4.06. The molecular formula is C20H23N5O2. The molecule has 0 saturated heterocycles. The molecule has 2 aromatic heterocycles. The quantitative estimate of drug-likeness (QED) is 0.720. The maximum atomic E-state index is 11.5. The Morgan fingerprint density at radius 3 is 3.07 bits per heavy atom. The first kappa shape index (κ1) is 17.6. The number of amides is 1. The molecule has 3 aromatic rings. The molecule has 0 radical (unpaired) electrons. The highest BCUT2D eigenvalue weighted by Gasteiger charge is 2.18. The van der Waals surface area contributed by atoms with Gasteiger partial charge in [0.1, 0.15) is 6.61 Å². The van der Waals surface area contributed by atoms with Crippen molar-refractivity contribution in [3.8, 4) is 0 Å². The largest absolute Gasteiger partial charge is 0.375 e. The molecule has 0 fully saturated rings. The number of ether oxygens (including phenoxy) is 1. The summed E-state index contributed by atoms with van der Waals surface area (Å²) in [5.41, 5.74) is 4.38. The van der Waals surface area contributed by atoms with Crippen LogP contribution in [0.25, 0.3) is 10.9 Å². The van der Waals surface area contributed by atoms with Crippen molar-refractivity contribution in [3.63, 3.8) is 0 Å². The minimum atomic E-state index is -0.129. The molecule has 0 aliphatic carbocycles. The van der Waals surface area contributed by atoms with Crippen LogP contribution in [0, 0.1) is 0 Å². The van der Waals surface area contributed by atoms with Gasteiger partial charge in [-0.05, 0) is 29.8 Å². The maximum absolute atomic E-state index is 11.5. The Morgan fingerprint density at radius 2 is 2.19 bits per heavy atom. The fourth-order valence-electron chi connectivity index (χ4n) is 3.45. The summed E-state index contributed by atoms with van der Waals surface area (Å²) in [5, 5.41) is 8.58. The molecule has 4 rings (SSSR count). The molecule has 1 aliphatic rings. The molecule has 7 nitrogen and oxygen atoms in total. The van der Waals surface area contributed by atoms with E-state index in [0.717, 1.165) is 37.4 Å². The molecule has 27 heavy (non-hydrogen) atoms. The normalized spacial score (nSPS) is 14.3.